The van der Waals surface area contributed by atoms with Crippen molar-refractivity contribution in [1.82, 2.24) is 19.9 Å². The Morgan fingerprint density at radius 1 is 0.321 bits per heavy atom. The average Bonchev–Trinajstić information content (AvgIpc) is 3.78. The van der Waals surface area contributed by atoms with E-state index in [0.29, 0.717) is 0 Å². The van der Waals surface area contributed by atoms with Crippen LogP contribution < -0.4 is 9.80 Å². The van der Waals surface area contributed by atoms with Gasteiger partial charge in [0.05, 0.1) is 12.1 Å². The first-order chi connectivity index (χ1) is 27.8. The maximum Gasteiger partial charge on any atom is 0.0862 e. The fraction of sp³-hybridized carbons (Fsp3) is 0.0400. The predicted octanol–water partition coefficient (Wildman–Crippen LogP) is 12.2. The van der Waals surface area contributed by atoms with Gasteiger partial charge in [0.15, 0.2) is 0 Å². The Balaban J connectivity index is 1.17. The first kappa shape index (κ1) is 32.0. The third kappa shape index (κ3) is 5.34. The topological polar surface area (TPSA) is 58.0 Å². The van der Waals surface area contributed by atoms with Gasteiger partial charge in [-0.05, 0) is 112 Å². The molecular formula is C50H34N6. The molecule has 5 aromatic carbocycles. The molecule has 2 unspecified atom stereocenters. The Hall–Kier alpha value is -7.44. The van der Waals surface area contributed by atoms with Crippen molar-refractivity contribution in [2.24, 2.45) is 0 Å². The van der Waals surface area contributed by atoms with Crippen molar-refractivity contribution in [3.8, 4) is 44.5 Å². The minimum atomic E-state index is -0.0261. The number of hydrogen-bond donors (Lipinski definition) is 0. The van der Waals surface area contributed by atoms with Gasteiger partial charge >= 0.3 is 0 Å². The molecule has 0 N–H and O–H groups in total. The smallest absolute Gasteiger partial charge is 0.0862 e. The third-order valence-corrected chi connectivity index (χ3v) is 11.2. The fourth-order valence-corrected chi connectivity index (χ4v) is 8.75. The van der Waals surface area contributed by atoms with Crippen LogP contribution in [0.1, 0.15) is 23.2 Å². The van der Waals surface area contributed by atoms with Crippen molar-refractivity contribution in [3.63, 3.8) is 0 Å². The molecule has 6 heterocycles. The van der Waals surface area contributed by atoms with Gasteiger partial charge in [-0.2, -0.15) is 0 Å². The molecule has 264 valence electrons. The maximum absolute atomic E-state index is 4.50. The number of nitrogens with zero attached hydrogens (tertiary/aromatic N) is 6. The Kier molecular flexibility index (Phi) is 7.52. The van der Waals surface area contributed by atoms with Gasteiger partial charge in [-0.1, -0.05) is 66.7 Å². The zero-order valence-electron chi connectivity index (χ0n) is 30.3. The van der Waals surface area contributed by atoms with Gasteiger partial charge in [-0.3, -0.25) is 19.9 Å². The lowest BCUT2D eigenvalue weighted by molar-refractivity contribution is 0.634. The number of pyridine rings is 4. The van der Waals surface area contributed by atoms with Crippen LogP contribution in [0.2, 0.25) is 0 Å². The largest absolute Gasteiger partial charge is 0.331 e. The number of benzene rings is 5. The summed E-state index contributed by atoms with van der Waals surface area (Å²) in [7, 11) is 0. The van der Waals surface area contributed by atoms with Crippen LogP contribution in [0.3, 0.4) is 0 Å². The number of para-hydroxylation sites is 1. The Bertz CT molecular complexity index is 2770. The molecular weight excluding hydrogens is 685 g/mol. The van der Waals surface area contributed by atoms with E-state index >= 15 is 0 Å². The van der Waals surface area contributed by atoms with E-state index < -0.39 is 0 Å². The third-order valence-electron chi connectivity index (χ3n) is 11.2. The second-order valence-electron chi connectivity index (χ2n) is 14.5. The molecule has 0 saturated heterocycles. The van der Waals surface area contributed by atoms with Crippen LogP contribution in [0, 0.1) is 0 Å². The van der Waals surface area contributed by atoms with Gasteiger partial charge in [0.2, 0.25) is 0 Å². The van der Waals surface area contributed by atoms with E-state index in [1.807, 2.05) is 73.8 Å². The van der Waals surface area contributed by atoms with Crippen LogP contribution in [0.15, 0.2) is 195 Å². The summed E-state index contributed by atoms with van der Waals surface area (Å²) in [5, 5.41) is 2.44. The predicted molar refractivity (Wildman–Crippen MR) is 226 cm³/mol. The molecule has 6 nitrogen and oxygen atoms in total. The van der Waals surface area contributed by atoms with Crippen molar-refractivity contribution in [2.75, 3.05) is 9.80 Å². The van der Waals surface area contributed by atoms with Crippen LogP contribution in [0.25, 0.3) is 55.3 Å². The van der Waals surface area contributed by atoms with Crippen LogP contribution in [-0.2, 0) is 0 Å². The van der Waals surface area contributed by atoms with E-state index in [1.165, 1.54) is 33.3 Å². The van der Waals surface area contributed by atoms with Crippen molar-refractivity contribution in [3.05, 3.63) is 206 Å². The average molecular weight is 719 g/mol. The second-order valence-corrected chi connectivity index (χ2v) is 14.5. The maximum atomic E-state index is 4.50. The molecule has 56 heavy (non-hydrogen) atoms. The molecule has 2 aliphatic heterocycles. The normalized spacial score (nSPS) is 15.4. The Morgan fingerprint density at radius 2 is 0.732 bits per heavy atom. The molecule has 0 bridgehead atoms. The second kappa shape index (κ2) is 13.1. The zero-order valence-corrected chi connectivity index (χ0v) is 30.3. The van der Waals surface area contributed by atoms with E-state index in [1.54, 1.807) is 0 Å². The first-order valence-corrected chi connectivity index (χ1v) is 18.9. The number of anilines is 4. The monoisotopic (exact) mass is 718 g/mol. The summed E-state index contributed by atoms with van der Waals surface area (Å²) < 4.78 is 0. The highest BCUT2D eigenvalue weighted by atomic mass is 15.3. The summed E-state index contributed by atoms with van der Waals surface area (Å²) in [6.45, 7) is 0. The van der Waals surface area contributed by atoms with E-state index in [0.717, 1.165) is 55.9 Å². The first-order valence-electron chi connectivity index (χ1n) is 18.9. The molecule has 6 heteroatoms. The highest BCUT2D eigenvalue weighted by Crippen LogP contribution is 2.63. The molecule has 2 aliphatic rings. The highest BCUT2D eigenvalue weighted by molar-refractivity contribution is 5.95. The summed E-state index contributed by atoms with van der Waals surface area (Å²) in [5.74, 6) is 0. The minimum Gasteiger partial charge on any atom is -0.331 e. The van der Waals surface area contributed by atoms with Crippen molar-refractivity contribution in [1.29, 1.82) is 0 Å². The molecule has 11 rings (SSSR count). The molecule has 0 saturated carbocycles. The van der Waals surface area contributed by atoms with Crippen LogP contribution in [0.4, 0.5) is 22.7 Å². The van der Waals surface area contributed by atoms with Crippen molar-refractivity contribution >= 4 is 33.5 Å². The standard InChI is InChI=1S/C50H34N6/c1-2-10-34-28-48-46(27-33(34)9-1)50-49(56(48)44-25-41(37-13-7-19-53-31-37)22-42(26-44)38-14-8-20-54-32-38)45-15-3-4-16-47(45)55(50)43-23-39(35-11-5-17-51-29-35)21-40(24-43)36-12-6-18-52-30-36/h1-32,49-50H. The number of aromatic nitrogens is 4. The summed E-state index contributed by atoms with van der Waals surface area (Å²) in [5.41, 5.74) is 15.9. The van der Waals surface area contributed by atoms with Crippen molar-refractivity contribution in [2.45, 2.75) is 12.1 Å². The van der Waals surface area contributed by atoms with Gasteiger partial charge in [-0.25, -0.2) is 0 Å². The number of fused-ring (bicyclic) bond motifs is 6. The van der Waals surface area contributed by atoms with Gasteiger partial charge in [0.1, 0.15) is 0 Å². The summed E-state index contributed by atoms with van der Waals surface area (Å²) in [6.07, 6.45) is 15.1. The van der Waals surface area contributed by atoms with E-state index in [4.69, 9.17) is 0 Å². The molecule has 0 aliphatic carbocycles. The molecule has 0 fully saturated rings. The molecule has 0 radical (unpaired) electrons. The van der Waals surface area contributed by atoms with E-state index in [2.05, 4.69) is 151 Å². The van der Waals surface area contributed by atoms with Crippen molar-refractivity contribution < 1.29 is 0 Å². The Morgan fingerprint density at radius 3 is 1.20 bits per heavy atom. The summed E-state index contributed by atoms with van der Waals surface area (Å²) >= 11 is 0. The lowest BCUT2D eigenvalue weighted by Crippen LogP contribution is -2.24. The van der Waals surface area contributed by atoms with Gasteiger partial charge in [0, 0.05) is 106 Å². The lowest BCUT2D eigenvalue weighted by atomic mass is 9.96. The van der Waals surface area contributed by atoms with E-state index in [-0.39, 0.29) is 12.1 Å². The summed E-state index contributed by atoms with van der Waals surface area (Å²) in [6, 6.07) is 52.7. The molecule has 9 aromatic rings. The van der Waals surface area contributed by atoms with Crippen LogP contribution in [0.5, 0.6) is 0 Å². The fourth-order valence-electron chi connectivity index (χ4n) is 8.75. The minimum absolute atomic E-state index is 0.0206. The molecule has 4 aromatic heterocycles. The lowest BCUT2D eigenvalue weighted by Gasteiger charge is -2.30. The van der Waals surface area contributed by atoms with Gasteiger partial charge < -0.3 is 9.80 Å². The van der Waals surface area contributed by atoms with E-state index in [9.17, 15) is 0 Å². The zero-order chi connectivity index (χ0) is 37.0. The Labute approximate surface area is 325 Å². The summed E-state index contributed by atoms with van der Waals surface area (Å²) in [4.78, 5) is 23.2. The van der Waals surface area contributed by atoms with Gasteiger partial charge in [0.25, 0.3) is 0 Å². The highest BCUT2D eigenvalue weighted by Gasteiger charge is 2.50. The molecule has 0 spiro atoms. The number of rotatable bonds is 6. The SMILES string of the molecule is c1cncc(-c2cc(-c3cccnc3)cc(N3c4ccccc4C4C3c3cc5ccccc5cc3N4c3cc(-c4cccnc4)cc(-c4cccnc4)c3)c2)c1. The van der Waals surface area contributed by atoms with Crippen LogP contribution >= 0.6 is 0 Å². The quantitative estimate of drug-likeness (QED) is 0.171. The van der Waals surface area contributed by atoms with Gasteiger partial charge in [-0.15, -0.1) is 0 Å². The number of hydrogen-bond acceptors (Lipinski definition) is 6. The molecule has 0 amide bonds. The molecule has 2 atom stereocenters. The van der Waals surface area contributed by atoms with Crippen LogP contribution in [-0.4, -0.2) is 19.9 Å².